The van der Waals surface area contributed by atoms with E-state index in [0.29, 0.717) is 10.8 Å². The van der Waals surface area contributed by atoms with Crippen molar-refractivity contribution < 1.29 is 9.53 Å². The van der Waals surface area contributed by atoms with Crippen LogP contribution < -0.4 is 10.2 Å². The third kappa shape index (κ3) is 5.02. The van der Waals surface area contributed by atoms with Crippen LogP contribution >= 0.6 is 11.6 Å². The Morgan fingerprint density at radius 3 is 2.77 bits per heavy atom. The van der Waals surface area contributed by atoms with Crippen molar-refractivity contribution in [2.24, 2.45) is 11.0 Å². The molecule has 0 saturated heterocycles. The summed E-state index contributed by atoms with van der Waals surface area (Å²) in [4.78, 5) is 11.8. The molecular weight excluding hydrogens is 300 g/mol. The highest BCUT2D eigenvalue weighted by atomic mass is 35.5. The normalized spacial score (nSPS) is 18.0. The molecule has 2 rings (SSSR count). The predicted molar refractivity (Wildman–Crippen MR) is 89.5 cm³/mol. The fourth-order valence-electron chi connectivity index (χ4n) is 2.62. The highest BCUT2D eigenvalue weighted by molar-refractivity contribution is 6.30. The van der Waals surface area contributed by atoms with Crippen LogP contribution in [0.25, 0.3) is 0 Å². The largest absolute Gasteiger partial charge is 0.483 e. The standard InChI is InChI=1S/C17H23ClN2O2/c1-3-13-4-7-15(8-5-13)19-20-17(21)11-22-16-9-6-14(18)10-12(16)2/h6,9-10,13H,3-5,7-8,11H2,1-2H3,(H,20,21). The molecule has 0 radical (unpaired) electrons. The van der Waals surface area contributed by atoms with E-state index in [9.17, 15) is 4.79 Å². The molecule has 0 bridgehead atoms. The van der Waals surface area contributed by atoms with Crippen molar-refractivity contribution in [2.45, 2.75) is 46.0 Å². The maximum absolute atomic E-state index is 11.8. The Kier molecular flexibility index (Phi) is 6.25. The van der Waals surface area contributed by atoms with Crippen LogP contribution in [0.3, 0.4) is 0 Å². The quantitative estimate of drug-likeness (QED) is 0.830. The predicted octanol–water partition coefficient (Wildman–Crippen LogP) is 4.10. The van der Waals surface area contributed by atoms with Crippen LogP contribution in [0.15, 0.2) is 23.3 Å². The Morgan fingerprint density at radius 1 is 1.41 bits per heavy atom. The van der Waals surface area contributed by atoms with Gasteiger partial charge in [0.2, 0.25) is 0 Å². The maximum atomic E-state index is 11.8. The van der Waals surface area contributed by atoms with E-state index in [1.54, 1.807) is 18.2 Å². The Hall–Kier alpha value is -1.55. The second-order valence-corrected chi connectivity index (χ2v) is 6.20. The van der Waals surface area contributed by atoms with Crippen LogP contribution in [-0.4, -0.2) is 18.2 Å². The van der Waals surface area contributed by atoms with Crippen molar-refractivity contribution >= 4 is 23.2 Å². The minimum absolute atomic E-state index is 0.0448. The van der Waals surface area contributed by atoms with Crippen LogP contribution in [0.1, 0.15) is 44.6 Å². The smallest absolute Gasteiger partial charge is 0.277 e. The van der Waals surface area contributed by atoms with E-state index in [0.717, 1.165) is 30.0 Å². The van der Waals surface area contributed by atoms with Crippen molar-refractivity contribution in [3.63, 3.8) is 0 Å². The molecule has 4 nitrogen and oxygen atoms in total. The second-order valence-electron chi connectivity index (χ2n) is 5.76. The third-order valence-corrected chi connectivity index (χ3v) is 4.33. The number of carbonyl (C=O) groups excluding carboxylic acids is 1. The van der Waals surface area contributed by atoms with Gasteiger partial charge >= 0.3 is 0 Å². The van der Waals surface area contributed by atoms with Crippen LogP contribution in [-0.2, 0) is 4.79 Å². The first-order valence-corrected chi connectivity index (χ1v) is 8.19. The summed E-state index contributed by atoms with van der Waals surface area (Å²) in [7, 11) is 0. The van der Waals surface area contributed by atoms with E-state index in [-0.39, 0.29) is 12.5 Å². The number of hydrogen-bond acceptors (Lipinski definition) is 3. The minimum Gasteiger partial charge on any atom is -0.483 e. The van der Waals surface area contributed by atoms with Gasteiger partial charge in [0.05, 0.1) is 0 Å². The Labute approximate surface area is 136 Å². The maximum Gasteiger partial charge on any atom is 0.277 e. The minimum atomic E-state index is -0.237. The number of aryl methyl sites for hydroxylation is 1. The van der Waals surface area contributed by atoms with Gasteiger partial charge in [-0.1, -0.05) is 24.9 Å². The van der Waals surface area contributed by atoms with Crippen molar-refractivity contribution in [1.82, 2.24) is 5.43 Å². The van der Waals surface area contributed by atoms with Crippen LogP contribution in [0.4, 0.5) is 0 Å². The van der Waals surface area contributed by atoms with E-state index in [2.05, 4.69) is 17.5 Å². The molecule has 1 amide bonds. The Morgan fingerprint density at radius 2 is 2.14 bits per heavy atom. The van der Waals surface area contributed by atoms with Gasteiger partial charge in [-0.2, -0.15) is 5.10 Å². The van der Waals surface area contributed by atoms with Gasteiger partial charge in [0.15, 0.2) is 6.61 Å². The van der Waals surface area contributed by atoms with Gasteiger partial charge in [0.25, 0.3) is 5.91 Å². The first kappa shape index (κ1) is 16.8. The lowest BCUT2D eigenvalue weighted by atomic mass is 9.86. The Balaban J connectivity index is 1.76. The number of rotatable bonds is 5. The molecule has 1 aromatic rings. The van der Waals surface area contributed by atoms with E-state index in [1.807, 2.05) is 6.92 Å². The zero-order chi connectivity index (χ0) is 15.9. The molecular formula is C17H23ClN2O2. The first-order chi connectivity index (χ1) is 10.6. The zero-order valence-corrected chi connectivity index (χ0v) is 13.9. The number of nitrogens with zero attached hydrogens (tertiary/aromatic N) is 1. The van der Waals surface area contributed by atoms with E-state index >= 15 is 0 Å². The average Bonchev–Trinajstić information content (AvgIpc) is 2.52. The topological polar surface area (TPSA) is 50.7 Å². The van der Waals surface area contributed by atoms with Gasteiger partial charge < -0.3 is 4.74 Å². The first-order valence-electron chi connectivity index (χ1n) is 7.81. The fraction of sp³-hybridized carbons (Fsp3) is 0.529. The summed E-state index contributed by atoms with van der Waals surface area (Å²) >= 11 is 5.88. The molecule has 0 aliphatic heterocycles. The number of hydrogen-bond donors (Lipinski definition) is 1. The molecule has 1 aromatic carbocycles. The van der Waals surface area contributed by atoms with E-state index in [1.165, 1.54) is 19.3 Å². The van der Waals surface area contributed by atoms with Crippen LogP contribution in [0.2, 0.25) is 5.02 Å². The second kappa shape index (κ2) is 8.18. The number of hydrazone groups is 1. The number of ether oxygens (including phenoxy) is 1. The monoisotopic (exact) mass is 322 g/mol. The SMILES string of the molecule is CCC1CCC(=NNC(=O)COc2ccc(Cl)cc2C)CC1. The van der Waals surface area contributed by atoms with Crippen molar-refractivity contribution in [3.05, 3.63) is 28.8 Å². The molecule has 1 fully saturated rings. The Bertz CT molecular complexity index is 548. The molecule has 1 aliphatic carbocycles. The number of nitrogens with one attached hydrogen (secondary N) is 1. The lowest BCUT2D eigenvalue weighted by Crippen LogP contribution is -2.27. The molecule has 120 valence electrons. The van der Waals surface area contributed by atoms with Crippen molar-refractivity contribution in [1.29, 1.82) is 0 Å². The van der Waals surface area contributed by atoms with Gasteiger partial charge in [0.1, 0.15) is 5.75 Å². The average molecular weight is 323 g/mol. The number of benzene rings is 1. The van der Waals surface area contributed by atoms with Gasteiger partial charge in [-0.3, -0.25) is 4.79 Å². The number of halogens is 1. The summed E-state index contributed by atoms with van der Waals surface area (Å²) in [5.41, 5.74) is 4.58. The fourth-order valence-corrected chi connectivity index (χ4v) is 2.85. The molecule has 1 aliphatic rings. The summed E-state index contributed by atoms with van der Waals surface area (Å²) in [5, 5.41) is 4.87. The summed E-state index contributed by atoms with van der Waals surface area (Å²) in [6, 6.07) is 5.32. The summed E-state index contributed by atoms with van der Waals surface area (Å²) < 4.78 is 5.49. The molecule has 0 spiro atoms. The molecule has 0 heterocycles. The molecule has 1 N–H and O–H groups in total. The lowest BCUT2D eigenvalue weighted by molar-refractivity contribution is -0.123. The summed E-state index contributed by atoms with van der Waals surface area (Å²) in [6.45, 7) is 4.08. The van der Waals surface area contributed by atoms with Gasteiger partial charge in [-0.15, -0.1) is 0 Å². The molecule has 22 heavy (non-hydrogen) atoms. The molecule has 0 unspecified atom stereocenters. The van der Waals surface area contributed by atoms with Gasteiger partial charge in [-0.05, 0) is 62.3 Å². The summed E-state index contributed by atoms with van der Waals surface area (Å²) in [6.07, 6.45) is 5.54. The third-order valence-electron chi connectivity index (χ3n) is 4.09. The van der Waals surface area contributed by atoms with Gasteiger partial charge in [-0.25, -0.2) is 5.43 Å². The lowest BCUT2D eigenvalue weighted by Gasteiger charge is -2.21. The van der Waals surface area contributed by atoms with E-state index < -0.39 is 0 Å². The molecule has 1 saturated carbocycles. The molecule has 0 aromatic heterocycles. The highest BCUT2D eigenvalue weighted by Crippen LogP contribution is 2.24. The van der Waals surface area contributed by atoms with Crippen LogP contribution in [0.5, 0.6) is 5.75 Å². The molecule has 0 atom stereocenters. The number of carbonyl (C=O) groups is 1. The van der Waals surface area contributed by atoms with Crippen LogP contribution in [0, 0.1) is 12.8 Å². The van der Waals surface area contributed by atoms with Crippen molar-refractivity contribution in [2.75, 3.05) is 6.61 Å². The highest BCUT2D eigenvalue weighted by Gasteiger charge is 2.16. The van der Waals surface area contributed by atoms with Gasteiger partial charge in [0, 0.05) is 10.7 Å². The summed E-state index contributed by atoms with van der Waals surface area (Å²) in [5.74, 6) is 1.24. The molecule has 5 heteroatoms. The number of amides is 1. The van der Waals surface area contributed by atoms with Crippen molar-refractivity contribution in [3.8, 4) is 5.75 Å². The zero-order valence-electron chi connectivity index (χ0n) is 13.2. The van der Waals surface area contributed by atoms with E-state index in [4.69, 9.17) is 16.3 Å².